The lowest BCUT2D eigenvalue weighted by Gasteiger charge is -2.17. The Morgan fingerprint density at radius 2 is 0.913 bits per heavy atom. The van der Waals surface area contributed by atoms with Gasteiger partial charge in [-0.15, -0.1) is 0 Å². The maximum atomic E-state index is 12.7. The van der Waals surface area contributed by atoms with E-state index < -0.39 is 0 Å². The number of carbonyl (C=O) groups is 1. The molecule has 2 nitrogen and oxygen atoms in total. The summed E-state index contributed by atoms with van der Waals surface area (Å²) in [6, 6.07) is 0. The van der Waals surface area contributed by atoms with Gasteiger partial charge in [-0.3, -0.25) is 4.79 Å². The molecule has 0 heterocycles. The second kappa shape index (κ2) is 37.8. The van der Waals surface area contributed by atoms with Gasteiger partial charge in [0.15, 0.2) is 0 Å². The largest absolute Gasteiger partial charge is 0.309 e. The highest BCUT2D eigenvalue weighted by molar-refractivity contribution is 5.78. The van der Waals surface area contributed by atoms with Crippen LogP contribution in [-0.2, 0) is 4.79 Å². The van der Waals surface area contributed by atoms with E-state index in [4.69, 9.17) is 0 Å². The van der Waals surface area contributed by atoms with Gasteiger partial charge in [-0.05, 0) is 97.2 Å². The highest BCUT2D eigenvalue weighted by Crippen LogP contribution is 2.23. The predicted molar refractivity (Wildman–Crippen MR) is 209 cm³/mol. The van der Waals surface area contributed by atoms with Crippen molar-refractivity contribution in [1.82, 2.24) is 4.90 Å². The van der Waals surface area contributed by atoms with E-state index in [1.54, 1.807) is 0 Å². The van der Waals surface area contributed by atoms with Crippen molar-refractivity contribution in [2.75, 3.05) is 20.6 Å². The summed E-state index contributed by atoms with van der Waals surface area (Å²) in [7, 11) is 4.20. The lowest BCUT2D eigenvalue weighted by atomic mass is 9.89. The second-order valence-corrected chi connectivity index (χ2v) is 13.9. The number of Topliss-reactive ketones (excluding diaryl/α,β-unsaturated/α-hetero) is 1. The fourth-order valence-corrected chi connectivity index (χ4v) is 6.02. The third kappa shape index (κ3) is 36.8. The van der Waals surface area contributed by atoms with Gasteiger partial charge in [0.2, 0.25) is 0 Å². The van der Waals surface area contributed by atoms with Crippen LogP contribution in [0.15, 0.2) is 60.8 Å². The standard InChI is InChI=1S/C44H79NO/c1-5-7-9-11-13-15-17-19-21-23-25-27-29-31-33-35-38-43(42-44(46)40-37-41-45(3)4)39-36-34-32-30-28-26-24-22-20-18-16-14-12-10-8-6-2/h7,9,13-16,19-22,43H,5-6,8,10-12,17-18,23-42H2,1-4H3/b9-7-,15-13-,16-14-,21-19-,22-20-. The molecule has 0 fully saturated rings. The van der Waals surface area contributed by atoms with Crippen molar-refractivity contribution in [2.45, 2.75) is 187 Å². The van der Waals surface area contributed by atoms with E-state index in [-0.39, 0.29) is 0 Å². The van der Waals surface area contributed by atoms with Gasteiger partial charge in [0.1, 0.15) is 5.78 Å². The number of rotatable bonds is 35. The molecule has 2 heteroatoms. The average Bonchev–Trinajstić information content (AvgIpc) is 3.04. The maximum Gasteiger partial charge on any atom is 0.133 e. The molecule has 0 spiro atoms. The van der Waals surface area contributed by atoms with E-state index in [0.29, 0.717) is 11.7 Å². The van der Waals surface area contributed by atoms with Crippen LogP contribution in [0.25, 0.3) is 0 Å². The Kier molecular flexibility index (Phi) is 36.4. The van der Waals surface area contributed by atoms with Gasteiger partial charge in [0.05, 0.1) is 0 Å². The molecule has 0 N–H and O–H groups in total. The van der Waals surface area contributed by atoms with E-state index >= 15 is 0 Å². The fraction of sp³-hybridized carbons (Fsp3) is 0.750. The summed E-state index contributed by atoms with van der Waals surface area (Å²) in [6.07, 6.45) is 56.3. The van der Waals surface area contributed by atoms with Crippen LogP contribution in [0, 0.1) is 5.92 Å². The molecule has 0 aliphatic heterocycles. The first-order valence-corrected chi connectivity index (χ1v) is 20.0. The summed E-state index contributed by atoms with van der Waals surface area (Å²) < 4.78 is 0. The average molecular weight is 638 g/mol. The zero-order valence-electron chi connectivity index (χ0n) is 31.5. The van der Waals surface area contributed by atoms with E-state index in [1.165, 1.54) is 128 Å². The molecule has 0 rings (SSSR count). The molecule has 0 amide bonds. The lowest BCUT2D eigenvalue weighted by molar-refractivity contribution is -0.120. The number of unbranched alkanes of at least 4 members (excludes halogenated alkanes) is 15. The Bertz CT molecular complexity index is 771. The van der Waals surface area contributed by atoms with Crippen molar-refractivity contribution in [1.29, 1.82) is 0 Å². The Morgan fingerprint density at radius 3 is 1.37 bits per heavy atom. The second-order valence-electron chi connectivity index (χ2n) is 13.9. The molecule has 46 heavy (non-hydrogen) atoms. The molecule has 0 saturated heterocycles. The first kappa shape index (κ1) is 44.3. The summed E-state index contributed by atoms with van der Waals surface area (Å²) in [5.74, 6) is 1.11. The van der Waals surface area contributed by atoms with Crippen molar-refractivity contribution in [3.63, 3.8) is 0 Å². The number of allylic oxidation sites excluding steroid dienone is 10. The molecule has 1 unspecified atom stereocenters. The molecule has 0 radical (unpaired) electrons. The van der Waals surface area contributed by atoms with Gasteiger partial charge >= 0.3 is 0 Å². The van der Waals surface area contributed by atoms with Gasteiger partial charge in [0, 0.05) is 12.8 Å². The third-order valence-corrected chi connectivity index (χ3v) is 8.90. The Balaban J connectivity index is 4.03. The van der Waals surface area contributed by atoms with E-state index in [1.807, 2.05) is 0 Å². The van der Waals surface area contributed by atoms with Gasteiger partial charge in [-0.2, -0.15) is 0 Å². The number of hydrogen-bond acceptors (Lipinski definition) is 2. The maximum absolute atomic E-state index is 12.7. The van der Waals surface area contributed by atoms with E-state index in [2.05, 4.69) is 93.6 Å². The minimum absolute atomic E-state index is 0.503. The zero-order valence-corrected chi connectivity index (χ0v) is 31.5. The van der Waals surface area contributed by atoms with Crippen LogP contribution < -0.4 is 0 Å². The summed E-state index contributed by atoms with van der Waals surface area (Å²) >= 11 is 0. The summed E-state index contributed by atoms with van der Waals surface area (Å²) in [6.45, 7) is 5.46. The SMILES string of the molecule is CC/C=C\C/C=C\C/C=C\CCCCCCCCC(CCCCCCCC/C=C\C/C=C\CCCCC)CC(=O)CCCN(C)C. The minimum atomic E-state index is 0.503. The van der Waals surface area contributed by atoms with Crippen LogP contribution in [0.5, 0.6) is 0 Å². The zero-order chi connectivity index (χ0) is 33.6. The van der Waals surface area contributed by atoms with Gasteiger partial charge < -0.3 is 4.90 Å². The quantitative estimate of drug-likeness (QED) is 0.0509. The highest BCUT2D eigenvalue weighted by Gasteiger charge is 2.14. The molecule has 0 aromatic heterocycles. The predicted octanol–water partition coefficient (Wildman–Crippen LogP) is 14.1. The minimum Gasteiger partial charge on any atom is -0.309 e. The third-order valence-electron chi connectivity index (χ3n) is 8.90. The van der Waals surface area contributed by atoms with Crippen LogP contribution in [0.4, 0.5) is 0 Å². The number of ketones is 1. The van der Waals surface area contributed by atoms with Crippen molar-refractivity contribution in [3.8, 4) is 0 Å². The van der Waals surface area contributed by atoms with Crippen molar-refractivity contribution < 1.29 is 4.79 Å². The Labute approximate surface area is 289 Å². The van der Waals surface area contributed by atoms with E-state index in [9.17, 15) is 4.79 Å². The summed E-state index contributed by atoms with van der Waals surface area (Å²) in [5.41, 5.74) is 0. The molecule has 266 valence electrons. The van der Waals surface area contributed by atoms with Gasteiger partial charge in [-0.25, -0.2) is 0 Å². The molecule has 0 bridgehead atoms. The highest BCUT2D eigenvalue weighted by atomic mass is 16.1. The van der Waals surface area contributed by atoms with Crippen LogP contribution in [-0.4, -0.2) is 31.3 Å². The van der Waals surface area contributed by atoms with Gasteiger partial charge in [-0.1, -0.05) is 164 Å². The molecular weight excluding hydrogens is 558 g/mol. The molecule has 0 aliphatic rings. The topological polar surface area (TPSA) is 20.3 Å². The summed E-state index contributed by atoms with van der Waals surface area (Å²) in [5, 5.41) is 0. The molecule has 0 saturated carbocycles. The summed E-state index contributed by atoms with van der Waals surface area (Å²) in [4.78, 5) is 14.9. The van der Waals surface area contributed by atoms with Crippen LogP contribution in [0.3, 0.4) is 0 Å². The molecule has 0 aromatic rings. The normalized spacial score (nSPS) is 13.2. The number of hydrogen-bond donors (Lipinski definition) is 0. The monoisotopic (exact) mass is 638 g/mol. The van der Waals surface area contributed by atoms with Crippen LogP contribution >= 0.6 is 0 Å². The van der Waals surface area contributed by atoms with Crippen LogP contribution in [0.2, 0.25) is 0 Å². The molecular formula is C44H79NO. The Hall–Kier alpha value is -1.67. The van der Waals surface area contributed by atoms with Crippen molar-refractivity contribution in [3.05, 3.63) is 60.8 Å². The first-order chi connectivity index (χ1) is 22.6. The molecule has 1 atom stereocenters. The number of nitrogens with zero attached hydrogens (tertiary/aromatic N) is 1. The molecule has 0 aromatic carbocycles. The van der Waals surface area contributed by atoms with Crippen LogP contribution in [0.1, 0.15) is 187 Å². The van der Waals surface area contributed by atoms with Crippen molar-refractivity contribution >= 4 is 5.78 Å². The first-order valence-electron chi connectivity index (χ1n) is 20.0. The van der Waals surface area contributed by atoms with Gasteiger partial charge in [0.25, 0.3) is 0 Å². The van der Waals surface area contributed by atoms with E-state index in [0.717, 1.165) is 51.5 Å². The Morgan fingerprint density at radius 1 is 0.500 bits per heavy atom. The van der Waals surface area contributed by atoms with Crippen molar-refractivity contribution in [2.24, 2.45) is 5.92 Å². The smallest absolute Gasteiger partial charge is 0.133 e. The fourth-order valence-electron chi connectivity index (χ4n) is 6.02. The molecule has 0 aliphatic carbocycles. The number of carbonyl (C=O) groups excluding carboxylic acids is 1. The lowest BCUT2D eigenvalue weighted by Crippen LogP contribution is -2.15.